The van der Waals surface area contributed by atoms with E-state index < -0.39 is 0 Å². The molecule has 1 aromatic heterocycles. The van der Waals surface area contributed by atoms with Gasteiger partial charge in [-0.2, -0.15) is 0 Å². The van der Waals surface area contributed by atoms with E-state index in [-0.39, 0.29) is 18.4 Å². The Kier molecular flexibility index (Phi) is 3.73. The highest BCUT2D eigenvalue weighted by atomic mass is 16.2. The Balaban J connectivity index is 2.02. The maximum Gasteiger partial charge on any atom is 0.228 e. The predicted molar refractivity (Wildman–Crippen MR) is 64.2 cm³/mol. The van der Waals surface area contributed by atoms with Crippen LogP contribution in [0.4, 0.5) is 5.82 Å². The van der Waals surface area contributed by atoms with Gasteiger partial charge in [-0.05, 0) is 30.9 Å². The molecule has 0 bridgehead atoms. The first-order chi connectivity index (χ1) is 8.29. The van der Waals surface area contributed by atoms with Crippen LogP contribution in [0.3, 0.4) is 0 Å². The molecule has 1 saturated carbocycles. The van der Waals surface area contributed by atoms with Gasteiger partial charge in [0.25, 0.3) is 0 Å². The quantitative estimate of drug-likeness (QED) is 0.749. The third-order valence-electron chi connectivity index (χ3n) is 2.77. The fourth-order valence-corrected chi connectivity index (χ4v) is 1.60. The van der Waals surface area contributed by atoms with Crippen LogP contribution in [0.1, 0.15) is 25.0 Å². The van der Waals surface area contributed by atoms with Gasteiger partial charge in [0.1, 0.15) is 18.1 Å². The van der Waals surface area contributed by atoms with Crippen molar-refractivity contribution in [2.75, 3.05) is 11.9 Å². The smallest absolute Gasteiger partial charge is 0.228 e. The summed E-state index contributed by atoms with van der Waals surface area (Å²) in [6.45, 7) is -0.194. The third-order valence-corrected chi connectivity index (χ3v) is 2.77. The molecule has 0 aliphatic heterocycles. The molecule has 1 fully saturated rings. The van der Waals surface area contributed by atoms with Crippen LogP contribution in [0.5, 0.6) is 0 Å². The molecule has 0 aromatic carbocycles. The summed E-state index contributed by atoms with van der Waals surface area (Å²) >= 11 is 0. The second-order valence-corrected chi connectivity index (χ2v) is 3.99. The number of carbonyl (C=O) groups is 1. The van der Waals surface area contributed by atoms with E-state index in [9.17, 15) is 4.79 Å². The van der Waals surface area contributed by atoms with Crippen molar-refractivity contribution in [2.45, 2.75) is 19.3 Å². The van der Waals surface area contributed by atoms with Crippen LogP contribution in [-0.2, 0) is 4.79 Å². The molecule has 0 unspecified atom stereocenters. The molecule has 0 radical (unpaired) electrons. The molecular weight excluding hydrogens is 216 g/mol. The Morgan fingerprint density at radius 2 is 2.35 bits per heavy atom. The molecule has 1 aromatic rings. The van der Waals surface area contributed by atoms with Crippen LogP contribution in [0.25, 0.3) is 0 Å². The molecule has 2 rings (SSSR count). The lowest BCUT2D eigenvalue weighted by Gasteiger charge is -2.23. The van der Waals surface area contributed by atoms with Crippen LogP contribution in [0, 0.1) is 17.8 Å². The number of nitrogens with zero attached hydrogens (tertiary/aromatic N) is 1. The van der Waals surface area contributed by atoms with Crippen LogP contribution in [0.2, 0.25) is 0 Å². The molecule has 0 saturated heterocycles. The van der Waals surface area contributed by atoms with Crippen molar-refractivity contribution >= 4 is 11.7 Å². The van der Waals surface area contributed by atoms with Crippen LogP contribution in [0.15, 0.2) is 18.2 Å². The van der Waals surface area contributed by atoms with Gasteiger partial charge >= 0.3 is 0 Å². The topological polar surface area (TPSA) is 62.2 Å². The first-order valence-electron chi connectivity index (χ1n) is 5.67. The van der Waals surface area contributed by atoms with Crippen molar-refractivity contribution in [1.82, 2.24) is 4.98 Å². The number of aliphatic hydroxyl groups excluding tert-OH is 1. The summed E-state index contributed by atoms with van der Waals surface area (Å²) in [4.78, 5) is 15.9. The Labute approximate surface area is 100 Å². The fourth-order valence-electron chi connectivity index (χ4n) is 1.60. The molecule has 1 aliphatic rings. The van der Waals surface area contributed by atoms with Crippen LogP contribution < -0.4 is 5.32 Å². The number of aliphatic hydroxyl groups is 1. The van der Waals surface area contributed by atoms with E-state index in [1.54, 1.807) is 18.2 Å². The normalized spacial score (nSPS) is 14.4. The minimum Gasteiger partial charge on any atom is -0.384 e. The zero-order valence-electron chi connectivity index (χ0n) is 9.44. The number of nitrogens with one attached hydrogen (secondary N) is 1. The minimum absolute atomic E-state index is 0.0380. The van der Waals surface area contributed by atoms with E-state index in [4.69, 9.17) is 5.11 Å². The zero-order valence-corrected chi connectivity index (χ0v) is 9.44. The van der Waals surface area contributed by atoms with Gasteiger partial charge in [-0.15, -0.1) is 0 Å². The number of rotatable bonds is 2. The molecule has 0 atom stereocenters. The van der Waals surface area contributed by atoms with Crippen molar-refractivity contribution in [3.8, 4) is 11.8 Å². The molecule has 4 nitrogen and oxygen atoms in total. The fraction of sp³-hybridized carbons (Fsp3) is 0.385. The molecule has 1 aliphatic carbocycles. The number of anilines is 1. The lowest BCUT2D eigenvalue weighted by Crippen LogP contribution is -2.28. The molecule has 1 heterocycles. The average molecular weight is 230 g/mol. The summed E-state index contributed by atoms with van der Waals surface area (Å²) in [7, 11) is 0. The average Bonchev–Trinajstić information content (AvgIpc) is 2.24. The van der Waals surface area contributed by atoms with Gasteiger partial charge in [0.05, 0.1) is 0 Å². The van der Waals surface area contributed by atoms with Gasteiger partial charge in [-0.25, -0.2) is 4.98 Å². The Bertz CT molecular complexity index is 470. The zero-order chi connectivity index (χ0) is 12.1. The van der Waals surface area contributed by atoms with Crippen molar-refractivity contribution in [1.29, 1.82) is 0 Å². The lowest BCUT2D eigenvalue weighted by molar-refractivity contribution is -0.122. The summed E-state index contributed by atoms with van der Waals surface area (Å²) in [5, 5.41) is 11.4. The first kappa shape index (κ1) is 11.6. The van der Waals surface area contributed by atoms with Crippen molar-refractivity contribution < 1.29 is 9.90 Å². The number of aromatic nitrogens is 1. The first-order valence-corrected chi connectivity index (χ1v) is 5.67. The van der Waals surface area contributed by atoms with E-state index in [2.05, 4.69) is 22.1 Å². The molecule has 88 valence electrons. The highest BCUT2D eigenvalue weighted by molar-refractivity contribution is 5.92. The maximum atomic E-state index is 11.7. The Hall–Kier alpha value is -1.86. The lowest BCUT2D eigenvalue weighted by atomic mass is 9.85. The highest BCUT2D eigenvalue weighted by Crippen LogP contribution is 2.27. The summed E-state index contributed by atoms with van der Waals surface area (Å²) in [6, 6.07) is 5.26. The van der Waals surface area contributed by atoms with Gasteiger partial charge in [0, 0.05) is 5.92 Å². The summed E-state index contributed by atoms with van der Waals surface area (Å²) < 4.78 is 0. The molecule has 2 N–H and O–H groups in total. The Morgan fingerprint density at radius 3 is 3.00 bits per heavy atom. The second kappa shape index (κ2) is 5.46. The molecule has 0 spiro atoms. The summed E-state index contributed by atoms with van der Waals surface area (Å²) in [5.74, 6) is 5.92. The molecule has 4 heteroatoms. The van der Waals surface area contributed by atoms with Gasteiger partial charge in [0.2, 0.25) is 5.91 Å². The van der Waals surface area contributed by atoms with Crippen LogP contribution in [-0.4, -0.2) is 22.6 Å². The molecule has 1 amide bonds. The van der Waals surface area contributed by atoms with Crippen molar-refractivity contribution in [3.05, 3.63) is 23.9 Å². The van der Waals surface area contributed by atoms with Gasteiger partial charge in [-0.3, -0.25) is 4.79 Å². The van der Waals surface area contributed by atoms with E-state index >= 15 is 0 Å². The molecular formula is C13H14N2O2. The summed E-state index contributed by atoms with van der Waals surface area (Å²) in [5.41, 5.74) is 0.547. The van der Waals surface area contributed by atoms with Gasteiger partial charge in [0.15, 0.2) is 0 Å². The monoisotopic (exact) mass is 230 g/mol. The maximum absolute atomic E-state index is 11.7. The van der Waals surface area contributed by atoms with E-state index in [0.29, 0.717) is 11.5 Å². The van der Waals surface area contributed by atoms with Gasteiger partial charge < -0.3 is 10.4 Å². The summed E-state index contributed by atoms with van der Waals surface area (Å²) in [6.07, 6.45) is 3.07. The van der Waals surface area contributed by atoms with Crippen molar-refractivity contribution in [2.24, 2.45) is 5.92 Å². The largest absolute Gasteiger partial charge is 0.384 e. The van der Waals surface area contributed by atoms with E-state index in [0.717, 1.165) is 19.3 Å². The second-order valence-electron chi connectivity index (χ2n) is 3.99. The SMILES string of the molecule is O=C(Nc1cccc(C#CCO)n1)C1CCC1. The predicted octanol–water partition coefficient (Wildman–Crippen LogP) is 1.16. The number of carbonyl (C=O) groups excluding carboxylic acids is 1. The minimum atomic E-state index is -0.194. The number of hydrogen-bond acceptors (Lipinski definition) is 3. The standard InChI is InChI=1S/C13H14N2O2/c16-9-3-7-11-6-2-8-12(14-11)15-13(17)10-4-1-5-10/h2,6,8,10,16H,1,4-5,9H2,(H,14,15,17). The van der Waals surface area contributed by atoms with Gasteiger partial charge in [-0.1, -0.05) is 18.4 Å². The van der Waals surface area contributed by atoms with Crippen molar-refractivity contribution in [3.63, 3.8) is 0 Å². The van der Waals surface area contributed by atoms with Crippen LogP contribution >= 0.6 is 0 Å². The molecule has 17 heavy (non-hydrogen) atoms. The van der Waals surface area contributed by atoms with E-state index in [1.807, 2.05) is 0 Å². The number of amides is 1. The number of hydrogen-bond donors (Lipinski definition) is 2. The van der Waals surface area contributed by atoms with E-state index in [1.165, 1.54) is 0 Å². The Morgan fingerprint density at radius 1 is 1.53 bits per heavy atom. The third kappa shape index (κ3) is 3.05. The number of pyridine rings is 1. The highest BCUT2D eigenvalue weighted by Gasteiger charge is 2.25.